The van der Waals surface area contributed by atoms with Crippen LogP contribution in [0, 0.1) is 5.82 Å². The van der Waals surface area contributed by atoms with Crippen molar-refractivity contribution in [2.75, 3.05) is 25.7 Å². The van der Waals surface area contributed by atoms with Gasteiger partial charge in [0.15, 0.2) is 5.82 Å². The number of rotatable bonds is 0. The SMILES string of the molecule is C1COCO1.Nc1[nH]c(=O)ncc1F. The molecule has 0 radical (unpaired) electrons. The maximum atomic E-state index is 12.1. The van der Waals surface area contributed by atoms with Crippen molar-refractivity contribution in [1.29, 1.82) is 0 Å². The van der Waals surface area contributed by atoms with Crippen LogP contribution < -0.4 is 11.4 Å². The first kappa shape index (κ1) is 10.6. The molecule has 0 spiro atoms. The number of hydrogen-bond donors (Lipinski definition) is 2. The summed E-state index contributed by atoms with van der Waals surface area (Å²) in [6.45, 7) is 2.06. The Hall–Kier alpha value is -1.47. The summed E-state index contributed by atoms with van der Waals surface area (Å²) >= 11 is 0. The van der Waals surface area contributed by atoms with Crippen molar-refractivity contribution in [3.63, 3.8) is 0 Å². The van der Waals surface area contributed by atoms with Crippen LogP contribution in [0.3, 0.4) is 0 Å². The van der Waals surface area contributed by atoms with Crippen LogP contribution in [0.4, 0.5) is 10.2 Å². The summed E-state index contributed by atoms with van der Waals surface area (Å²) in [5.74, 6) is -0.996. The number of H-pyrrole nitrogens is 1. The van der Waals surface area contributed by atoms with Crippen molar-refractivity contribution in [2.24, 2.45) is 0 Å². The van der Waals surface area contributed by atoms with E-state index in [-0.39, 0.29) is 5.82 Å². The Kier molecular flexibility index (Phi) is 4.02. The van der Waals surface area contributed by atoms with Gasteiger partial charge < -0.3 is 15.2 Å². The van der Waals surface area contributed by atoms with E-state index < -0.39 is 11.5 Å². The van der Waals surface area contributed by atoms with Gasteiger partial charge in [0.05, 0.1) is 19.4 Å². The van der Waals surface area contributed by atoms with Crippen LogP contribution in [0.2, 0.25) is 0 Å². The van der Waals surface area contributed by atoms with Gasteiger partial charge in [-0.1, -0.05) is 0 Å². The summed E-state index contributed by atoms with van der Waals surface area (Å²) in [4.78, 5) is 15.3. The molecule has 1 fully saturated rings. The van der Waals surface area contributed by atoms with Gasteiger partial charge in [0.25, 0.3) is 0 Å². The highest BCUT2D eigenvalue weighted by Gasteiger charge is 1.95. The van der Waals surface area contributed by atoms with Crippen molar-refractivity contribution in [2.45, 2.75) is 0 Å². The molecular weight excluding hydrogens is 193 g/mol. The van der Waals surface area contributed by atoms with Crippen molar-refractivity contribution < 1.29 is 13.9 Å². The first-order chi connectivity index (χ1) is 6.70. The Labute approximate surface area is 78.9 Å². The molecule has 0 bridgehead atoms. The second kappa shape index (κ2) is 5.30. The molecule has 0 saturated carbocycles. The summed E-state index contributed by atoms with van der Waals surface area (Å²) in [5.41, 5.74) is 4.31. The zero-order valence-electron chi connectivity index (χ0n) is 7.33. The molecule has 0 unspecified atom stereocenters. The van der Waals surface area contributed by atoms with Crippen LogP contribution in [0.25, 0.3) is 0 Å². The van der Waals surface area contributed by atoms with E-state index in [4.69, 9.17) is 15.2 Å². The summed E-state index contributed by atoms with van der Waals surface area (Å²) in [6.07, 6.45) is 0.772. The minimum Gasteiger partial charge on any atom is -0.383 e. The monoisotopic (exact) mass is 203 g/mol. The molecule has 2 heterocycles. The minimum absolute atomic E-state index is 0.282. The number of anilines is 1. The zero-order chi connectivity index (χ0) is 10.4. The lowest BCUT2D eigenvalue weighted by Gasteiger charge is -1.89. The predicted octanol–water partition coefficient (Wildman–Crippen LogP) is -0.518. The van der Waals surface area contributed by atoms with E-state index in [0.29, 0.717) is 6.79 Å². The second-order valence-electron chi connectivity index (χ2n) is 2.38. The second-order valence-corrected chi connectivity index (χ2v) is 2.38. The maximum absolute atomic E-state index is 12.1. The number of nitrogen functional groups attached to an aromatic ring is 1. The van der Waals surface area contributed by atoms with E-state index in [1.165, 1.54) is 0 Å². The quantitative estimate of drug-likeness (QED) is 0.592. The molecule has 0 aliphatic carbocycles. The number of aromatic amines is 1. The molecule has 3 N–H and O–H groups in total. The van der Waals surface area contributed by atoms with Gasteiger partial charge in [0, 0.05) is 0 Å². The fraction of sp³-hybridized carbons (Fsp3) is 0.429. The summed E-state index contributed by atoms with van der Waals surface area (Å²) in [6, 6.07) is 0. The molecule has 2 rings (SSSR count). The largest absolute Gasteiger partial charge is 0.383 e. The third-order valence-corrected chi connectivity index (χ3v) is 1.33. The molecule has 1 saturated heterocycles. The number of hydrogen-bond acceptors (Lipinski definition) is 5. The zero-order valence-corrected chi connectivity index (χ0v) is 7.33. The van der Waals surface area contributed by atoms with E-state index in [1.807, 2.05) is 4.98 Å². The molecule has 14 heavy (non-hydrogen) atoms. The van der Waals surface area contributed by atoms with Crippen molar-refractivity contribution in [3.05, 3.63) is 22.5 Å². The fourth-order valence-corrected chi connectivity index (χ4v) is 0.687. The number of halogens is 1. The van der Waals surface area contributed by atoms with Crippen molar-refractivity contribution >= 4 is 5.82 Å². The number of nitrogens with two attached hydrogens (primary N) is 1. The minimum atomic E-state index is -0.713. The normalized spacial score (nSPS) is 14.6. The Morgan fingerprint density at radius 3 is 2.50 bits per heavy atom. The maximum Gasteiger partial charge on any atom is 0.346 e. The number of ether oxygens (including phenoxy) is 2. The molecule has 0 atom stereocenters. The average Bonchev–Trinajstić information content (AvgIpc) is 2.69. The van der Waals surface area contributed by atoms with Crippen LogP contribution in [-0.4, -0.2) is 30.0 Å². The van der Waals surface area contributed by atoms with Crippen molar-refractivity contribution in [3.8, 4) is 0 Å². The van der Waals surface area contributed by atoms with Crippen LogP contribution >= 0.6 is 0 Å². The molecule has 78 valence electrons. The standard InChI is InChI=1S/C4H4FN3O.C3H6O2/c5-2-1-7-4(9)8-3(2)6;1-2-5-3-4-1/h1H,(H3,6,7,8,9);1-3H2. The van der Waals surface area contributed by atoms with Gasteiger partial charge in [-0.15, -0.1) is 0 Å². The molecule has 6 nitrogen and oxygen atoms in total. The average molecular weight is 203 g/mol. The third-order valence-electron chi connectivity index (χ3n) is 1.33. The summed E-state index contributed by atoms with van der Waals surface area (Å²) in [5, 5.41) is 0. The molecule has 0 amide bonds. The van der Waals surface area contributed by atoms with Crippen molar-refractivity contribution in [1.82, 2.24) is 9.97 Å². The lowest BCUT2D eigenvalue weighted by Crippen LogP contribution is -2.12. The smallest absolute Gasteiger partial charge is 0.346 e. The Bertz CT molecular complexity index is 330. The van der Waals surface area contributed by atoms with E-state index in [2.05, 4.69) is 4.98 Å². The highest BCUT2D eigenvalue weighted by molar-refractivity contribution is 5.25. The number of aromatic nitrogens is 2. The Morgan fingerprint density at radius 1 is 1.50 bits per heavy atom. The van der Waals surface area contributed by atoms with Gasteiger partial charge >= 0.3 is 5.69 Å². The molecule has 7 heteroatoms. The van der Waals surface area contributed by atoms with Crippen LogP contribution in [0.15, 0.2) is 11.0 Å². The van der Waals surface area contributed by atoms with Crippen LogP contribution in [-0.2, 0) is 9.47 Å². The first-order valence-electron chi connectivity index (χ1n) is 3.86. The molecule has 0 aromatic carbocycles. The summed E-state index contributed by atoms with van der Waals surface area (Å²) in [7, 11) is 0. The number of nitrogens with one attached hydrogen (secondary N) is 1. The van der Waals surface area contributed by atoms with Gasteiger partial charge in [0.2, 0.25) is 0 Å². The molecule has 1 aliphatic heterocycles. The van der Waals surface area contributed by atoms with Gasteiger partial charge in [-0.2, -0.15) is 4.98 Å². The van der Waals surface area contributed by atoms with Gasteiger partial charge in [0.1, 0.15) is 12.6 Å². The van der Waals surface area contributed by atoms with E-state index in [9.17, 15) is 9.18 Å². The van der Waals surface area contributed by atoms with E-state index >= 15 is 0 Å². The highest BCUT2D eigenvalue weighted by atomic mass is 19.1. The predicted molar refractivity (Wildman–Crippen MR) is 46.0 cm³/mol. The van der Waals surface area contributed by atoms with Gasteiger partial charge in [-0.3, -0.25) is 4.98 Å². The Morgan fingerprint density at radius 2 is 2.14 bits per heavy atom. The summed E-state index contributed by atoms with van der Waals surface area (Å²) < 4.78 is 21.6. The highest BCUT2D eigenvalue weighted by Crippen LogP contribution is 1.96. The molecule has 1 aromatic heterocycles. The lowest BCUT2D eigenvalue weighted by molar-refractivity contribution is 0.0692. The first-order valence-corrected chi connectivity index (χ1v) is 3.86. The molecular formula is C7H10FN3O3. The lowest BCUT2D eigenvalue weighted by atomic mass is 10.6. The molecule has 1 aromatic rings. The third kappa shape index (κ3) is 3.50. The van der Waals surface area contributed by atoms with E-state index in [1.54, 1.807) is 0 Å². The van der Waals surface area contributed by atoms with Crippen LogP contribution in [0.1, 0.15) is 0 Å². The topological polar surface area (TPSA) is 90.2 Å². The van der Waals surface area contributed by atoms with Crippen LogP contribution in [0.5, 0.6) is 0 Å². The Balaban J connectivity index is 0.000000165. The number of nitrogens with zero attached hydrogens (tertiary/aromatic N) is 1. The fourth-order valence-electron chi connectivity index (χ4n) is 0.687. The van der Waals surface area contributed by atoms with Gasteiger partial charge in [-0.25, -0.2) is 9.18 Å². The van der Waals surface area contributed by atoms with E-state index in [0.717, 1.165) is 19.4 Å². The van der Waals surface area contributed by atoms with Gasteiger partial charge in [-0.05, 0) is 0 Å². The molecule has 1 aliphatic rings.